The lowest BCUT2D eigenvalue weighted by Gasteiger charge is -2.25. The first kappa shape index (κ1) is 26.2. The summed E-state index contributed by atoms with van der Waals surface area (Å²) in [6, 6.07) is 28.0. The highest BCUT2D eigenvalue weighted by Crippen LogP contribution is 2.28. The molecule has 4 aromatic rings. The smallest absolute Gasteiger partial charge is 0.207 e. The summed E-state index contributed by atoms with van der Waals surface area (Å²) in [4.78, 5) is 0.399. The molecule has 0 aliphatic heterocycles. The van der Waals surface area contributed by atoms with Crippen LogP contribution in [0.25, 0.3) is 11.1 Å². The summed E-state index contributed by atoms with van der Waals surface area (Å²) in [5.74, 6) is 0. The molecular formula is C31H32ClNO2S. The summed E-state index contributed by atoms with van der Waals surface area (Å²) < 4.78 is 29.6. The van der Waals surface area contributed by atoms with Gasteiger partial charge in [-0.3, -0.25) is 0 Å². The standard InChI is InChI=1S/C31H32ClNO2S/c1-22-7-5-9-29(19-22)28-13-11-27(12-14-28)21-33(16-15-26-8-6-10-30(32)20-26)36(34,35)31-24(3)17-23(2)18-25(31)4/h5-14,17-20H,15-16,21H2,1-4H3. The van der Waals surface area contributed by atoms with Crippen LogP contribution in [0, 0.1) is 27.7 Å². The lowest BCUT2D eigenvalue weighted by molar-refractivity contribution is 0.409. The summed E-state index contributed by atoms with van der Waals surface area (Å²) >= 11 is 6.18. The minimum atomic E-state index is -3.73. The summed E-state index contributed by atoms with van der Waals surface area (Å²) in [6.45, 7) is 8.47. The van der Waals surface area contributed by atoms with Gasteiger partial charge in [0.25, 0.3) is 0 Å². The number of benzene rings is 4. The quantitative estimate of drug-likeness (QED) is 0.240. The van der Waals surface area contributed by atoms with Gasteiger partial charge in [-0.05, 0) is 79.6 Å². The van der Waals surface area contributed by atoms with Gasteiger partial charge in [-0.1, -0.05) is 95.5 Å². The molecule has 0 amide bonds. The van der Waals surface area contributed by atoms with E-state index in [1.54, 1.807) is 4.31 Å². The zero-order valence-electron chi connectivity index (χ0n) is 21.3. The molecule has 36 heavy (non-hydrogen) atoms. The maximum absolute atomic E-state index is 14.0. The van der Waals surface area contributed by atoms with Crippen molar-refractivity contribution in [2.75, 3.05) is 6.54 Å². The van der Waals surface area contributed by atoms with Gasteiger partial charge in [0, 0.05) is 18.1 Å². The average molecular weight is 518 g/mol. The van der Waals surface area contributed by atoms with E-state index in [4.69, 9.17) is 11.6 Å². The van der Waals surface area contributed by atoms with Gasteiger partial charge >= 0.3 is 0 Å². The second-order valence-electron chi connectivity index (χ2n) is 9.51. The van der Waals surface area contributed by atoms with Crippen LogP contribution in [0.2, 0.25) is 5.02 Å². The van der Waals surface area contributed by atoms with Gasteiger partial charge < -0.3 is 0 Å². The van der Waals surface area contributed by atoms with Crippen molar-refractivity contribution in [1.82, 2.24) is 4.31 Å². The third kappa shape index (κ3) is 6.07. The highest BCUT2D eigenvalue weighted by molar-refractivity contribution is 7.89. The van der Waals surface area contributed by atoms with E-state index in [-0.39, 0.29) is 0 Å². The predicted octanol–water partition coefficient (Wildman–Crippen LogP) is 7.67. The van der Waals surface area contributed by atoms with Gasteiger partial charge in [-0.15, -0.1) is 0 Å². The highest BCUT2D eigenvalue weighted by atomic mass is 35.5. The first-order valence-electron chi connectivity index (χ1n) is 12.1. The molecule has 0 spiro atoms. The second kappa shape index (κ2) is 11.0. The minimum absolute atomic E-state index is 0.295. The van der Waals surface area contributed by atoms with E-state index < -0.39 is 10.0 Å². The van der Waals surface area contributed by atoms with Crippen LogP contribution in [0.5, 0.6) is 0 Å². The van der Waals surface area contributed by atoms with Crippen molar-refractivity contribution in [3.8, 4) is 11.1 Å². The Morgan fingerprint density at radius 3 is 2.00 bits per heavy atom. The van der Waals surface area contributed by atoms with E-state index in [1.807, 2.05) is 69.3 Å². The van der Waals surface area contributed by atoms with Gasteiger partial charge in [0.05, 0.1) is 4.90 Å². The van der Waals surface area contributed by atoms with Crippen molar-refractivity contribution < 1.29 is 8.42 Å². The number of hydrogen-bond acceptors (Lipinski definition) is 2. The Bertz CT molecular complexity index is 1450. The molecule has 0 saturated heterocycles. The fourth-order valence-electron chi connectivity index (χ4n) is 4.76. The van der Waals surface area contributed by atoms with E-state index in [0.717, 1.165) is 38.9 Å². The topological polar surface area (TPSA) is 37.4 Å². The van der Waals surface area contributed by atoms with Gasteiger partial charge in [0.2, 0.25) is 10.0 Å². The van der Waals surface area contributed by atoms with Crippen molar-refractivity contribution in [3.05, 3.63) is 123 Å². The molecule has 0 fully saturated rings. The molecule has 0 radical (unpaired) electrons. The third-order valence-electron chi connectivity index (χ3n) is 6.41. The number of rotatable bonds is 8. The van der Waals surface area contributed by atoms with Crippen molar-refractivity contribution >= 4 is 21.6 Å². The highest BCUT2D eigenvalue weighted by Gasteiger charge is 2.28. The average Bonchev–Trinajstić information content (AvgIpc) is 2.81. The normalized spacial score (nSPS) is 11.7. The SMILES string of the molecule is Cc1cccc(-c2ccc(CN(CCc3cccc(Cl)c3)S(=O)(=O)c3c(C)cc(C)cc3C)cc2)c1. The summed E-state index contributed by atoms with van der Waals surface area (Å²) in [5, 5.41) is 0.652. The van der Waals surface area contributed by atoms with Gasteiger partial charge in [-0.25, -0.2) is 8.42 Å². The molecule has 0 atom stereocenters. The molecule has 186 valence electrons. The lowest BCUT2D eigenvalue weighted by Crippen LogP contribution is -2.33. The van der Waals surface area contributed by atoms with E-state index >= 15 is 0 Å². The predicted molar refractivity (Wildman–Crippen MR) is 150 cm³/mol. The number of aryl methyl sites for hydroxylation is 4. The first-order chi connectivity index (χ1) is 17.1. The summed E-state index contributed by atoms with van der Waals surface area (Å²) in [5.41, 5.74) is 8.03. The van der Waals surface area contributed by atoms with Crippen molar-refractivity contribution in [2.24, 2.45) is 0 Å². The van der Waals surface area contributed by atoms with Crippen LogP contribution in [-0.4, -0.2) is 19.3 Å². The zero-order valence-corrected chi connectivity index (χ0v) is 22.8. The molecule has 0 unspecified atom stereocenters. The van der Waals surface area contributed by atoms with Crippen molar-refractivity contribution in [3.63, 3.8) is 0 Å². The molecule has 3 nitrogen and oxygen atoms in total. The molecule has 0 heterocycles. The zero-order chi connectivity index (χ0) is 25.9. The van der Waals surface area contributed by atoms with Gasteiger partial charge in [0.15, 0.2) is 0 Å². The third-order valence-corrected chi connectivity index (χ3v) is 8.79. The Morgan fingerprint density at radius 1 is 0.694 bits per heavy atom. The Morgan fingerprint density at radius 2 is 1.36 bits per heavy atom. The molecule has 4 aromatic carbocycles. The molecule has 0 bridgehead atoms. The molecule has 0 aliphatic rings. The number of halogens is 1. The van der Waals surface area contributed by atoms with Crippen LogP contribution in [-0.2, 0) is 23.0 Å². The first-order valence-corrected chi connectivity index (χ1v) is 13.9. The van der Waals surface area contributed by atoms with Crippen molar-refractivity contribution in [2.45, 2.75) is 45.6 Å². The van der Waals surface area contributed by atoms with E-state index in [9.17, 15) is 8.42 Å². The van der Waals surface area contributed by atoms with Crippen LogP contribution < -0.4 is 0 Å². The Kier molecular flexibility index (Phi) is 7.99. The molecule has 4 rings (SSSR count). The molecule has 0 saturated carbocycles. The van der Waals surface area contributed by atoms with Crippen LogP contribution in [0.4, 0.5) is 0 Å². The van der Waals surface area contributed by atoms with Crippen LogP contribution >= 0.6 is 11.6 Å². The molecule has 5 heteroatoms. The molecular weight excluding hydrogens is 486 g/mol. The van der Waals surface area contributed by atoms with Gasteiger partial charge in [0.1, 0.15) is 0 Å². The van der Waals surface area contributed by atoms with Crippen LogP contribution in [0.15, 0.2) is 89.8 Å². The van der Waals surface area contributed by atoms with Crippen LogP contribution in [0.3, 0.4) is 0 Å². The Balaban J connectivity index is 1.66. The fraction of sp³-hybridized carbons (Fsp3) is 0.226. The maximum Gasteiger partial charge on any atom is 0.243 e. The molecule has 0 aromatic heterocycles. The largest absolute Gasteiger partial charge is 0.243 e. The summed E-state index contributed by atoms with van der Waals surface area (Å²) in [6.07, 6.45) is 0.575. The number of nitrogens with zero attached hydrogens (tertiary/aromatic N) is 1. The van der Waals surface area contributed by atoms with Crippen molar-refractivity contribution in [1.29, 1.82) is 0 Å². The maximum atomic E-state index is 14.0. The Labute approximate surface area is 220 Å². The summed E-state index contributed by atoms with van der Waals surface area (Å²) in [7, 11) is -3.73. The van der Waals surface area contributed by atoms with E-state index in [1.165, 1.54) is 5.56 Å². The Hall–Kier alpha value is -2.92. The fourth-order valence-corrected chi connectivity index (χ4v) is 6.82. The van der Waals surface area contributed by atoms with E-state index in [2.05, 4.69) is 43.3 Å². The lowest BCUT2D eigenvalue weighted by atomic mass is 10.0. The molecule has 0 aliphatic carbocycles. The molecule has 0 N–H and O–H groups in total. The second-order valence-corrected chi connectivity index (χ2v) is 11.8. The van der Waals surface area contributed by atoms with Gasteiger partial charge in [-0.2, -0.15) is 4.31 Å². The minimum Gasteiger partial charge on any atom is -0.207 e. The van der Waals surface area contributed by atoms with Crippen LogP contribution in [0.1, 0.15) is 33.4 Å². The number of sulfonamides is 1. The number of hydrogen-bond donors (Lipinski definition) is 0. The monoisotopic (exact) mass is 517 g/mol. The van der Waals surface area contributed by atoms with E-state index in [0.29, 0.717) is 29.4 Å².